The molecule has 0 saturated heterocycles. The van der Waals surface area contributed by atoms with Gasteiger partial charge >= 0.3 is 0 Å². The van der Waals surface area contributed by atoms with Crippen molar-refractivity contribution in [2.45, 2.75) is 32.6 Å². The molecule has 0 radical (unpaired) electrons. The van der Waals surface area contributed by atoms with Gasteiger partial charge in [-0.05, 0) is 48.9 Å². The van der Waals surface area contributed by atoms with Crippen LogP contribution >= 0.6 is 0 Å². The second-order valence-corrected chi connectivity index (χ2v) is 6.34. The molecule has 0 N–H and O–H groups in total. The smallest absolute Gasteiger partial charge is 0.201 e. The summed E-state index contributed by atoms with van der Waals surface area (Å²) in [5.41, 5.74) is 2.15. The van der Waals surface area contributed by atoms with Gasteiger partial charge in [0.1, 0.15) is 0 Å². The third-order valence-electron chi connectivity index (χ3n) is 4.60. The van der Waals surface area contributed by atoms with Crippen molar-refractivity contribution in [2.24, 2.45) is 5.92 Å². The number of halogens is 2. The molecule has 0 saturated carbocycles. The maximum Gasteiger partial charge on any atom is 0.201 e. The van der Waals surface area contributed by atoms with Crippen molar-refractivity contribution in [2.75, 3.05) is 6.61 Å². The van der Waals surface area contributed by atoms with Crippen molar-refractivity contribution in [3.8, 4) is 16.9 Å². The summed E-state index contributed by atoms with van der Waals surface area (Å²) in [6, 6.07) is 10.8. The molecule has 0 fully saturated rings. The van der Waals surface area contributed by atoms with Gasteiger partial charge in [0.2, 0.25) is 5.82 Å². The minimum absolute atomic E-state index is 0.0446. The fourth-order valence-corrected chi connectivity index (χ4v) is 3.17. The van der Waals surface area contributed by atoms with Gasteiger partial charge in [0, 0.05) is 11.5 Å². The average molecular weight is 328 g/mol. The topological polar surface area (TPSA) is 9.23 Å². The van der Waals surface area contributed by atoms with E-state index in [0.29, 0.717) is 24.0 Å². The van der Waals surface area contributed by atoms with Gasteiger partial charge in [0.15, 0.2) is 11.6 Å². The standard InChI is InChI=1S/C21H22F2O/c1-3-24-19-13-12-18(20(22)21(19)23)17-10-8-16(9-11-17)15-6-4-14(2)5-7-15/h4,6,8-15H,3,5,7H2,1-2H3. The Hall–Kier alpha value is -2.16. The van der Waals surface area contributed by atoms with E-state index in [1.165, 1.54) is 18.1 Å². The third kappa shape index (κ3) is 3.35. The predicted octanol–water partition coefficient (Wildman–Crippen LogP) is 6.10. The zero-order valence-electron chi connectivity index (χ0n) is 14.1. The molecule has 2 aromatic carbocycles. The van der Waals surface area contributed by atoms with Crippen LogP contribution in [0.15, 0.2) is 48.6 Å². The molecule has 2 unspecified atom stereocenters. The lowest BCUT2D eigenvalue weighted by molar-refractivity contribution is 0.314. The molecule has 0 bridgehead atoms. The highest BCUT2D eigenvalue weighted by molar-refractivity contribution is 5.65. The highest BCUT2D eigenvalue weighted by atomic mass is 19.2. The maximum absolute atomic E-state index is 14.3. The van der Waals surface area contributed by atoms with Crippen LogP contribution in [-0.4, -0.2) is 6.61 Å². The van der Waals surface area contributed by atoms with E-state index in [-0.39, 0.29) is 11.3 Å². The number of benzene rings is 2. The van der Waals surface area contributed by atoms with E-state index < -0.39 is 11.6 Å². The summed E-state index contributed by atoms with van der Waals surface area (Å²) in [4.78, 5) is 0. The third-order valence-corrected chi connectivity index (χ3v) is 4.60. The number of hydrogen-bond acceptors (Lipinski definition) is 1. The van der Waals surface area contributed by atoms with Crippen molar-refractivity contribution in [1.82, 2.24) is 0 Å². The molecule has 1 nitrogen and oxygen atoms in total. The normalized spacial score (nSPS) is 20.2. The molecule has 0 heterocycles. The molecular formula is C21H22F2O. The first-order chi connectivity index (χ1) is 11.6. The van der Waals surface area contributed by atoms with E-state index in [9.17, 15) is 8.78 Å². The molecule has 3 heteroatoms. The first-order valence-corrected chi connectivity index (χ1v) is 8.49. The van der Waals surface area contributed by atoms with Crippen LogP contribution in [0.1, 0.15) is 38.2 Å². The Morgan fingerprint density at radius 2 is 1.71 bits per heavy atom. The van der Waals surface area contributed by atoms with Crippen molar-refractivity contribution in [3.05, 3.63) is 65.7 Å². The largest absolute Gasteiger partial charge is 0.491 e. The lowest BCUT2D eigenvalue weighted by atomic mass is 9.85. The van der Waals surface area contributed by atoms with E-state index in [4.69, 9.17) is 4.74 Å². The quantitative estimate of drug-likeness (QED) is 0.616. The maximum atomic E-state index is 14.3. The summed E-state index contributed by atoms with van der Waals surface area (Å²) in [5, 5.41) is 0. The minimum Gasteiger partial charge on any atom is -0.491 e. The Morgan fingerprint density at radius 3 is 2.33 bits per heavy atom. The van der Waals surface area contributed by atoms with Crippen molar-refractivity contribution < 1.29 is 13.5 Å². The van der Waals surface area contributed by atoms with Gasteiger partial charge in [-0.3, -0.25) is 0 Å². The Bertz CT molecular complexity index is 734. The zero-order chi connectivity index (χ0) is 17.1. The van der Waals surface area contributed by atoms with Gasteiger partial charge in [-0.15, -0.1) is 0 Å². The Morgan fingerprint density at radius 1 is 0.958 bits per heavy atom. The average Bonchev–Trinajstić information content (AvgIpc) is 2.60. The van der Waals surface area contributed by atoms with E-state index in [2.05, 4.69) is 19.1 Å². The number of ether oxygens (including phenoxy) is 1. The Kier molecular flexibility index (Phi) is 4.98. The van der Waals surface area contributed by atoms with Crippen LogP contribution in [0.5, 0.6) is 5.75 Å². The van der Waals surface area contributed by atoms with Crippen LogP contribution in [0.4, 0.5) is 8.78 Å². The SMILES string of the molecule is CCOc1ccc(-c2ccc(C3C=CC(C)CC3)cc2)c(F)c1F. The zero-order valence-corrected chi connectivity index (χ0v) is 14.1. The van der Waals surface area contributed by atoms with Crippen molar-refractivity contribution >= 4 is 0 Å². The number of allylic oxidation sites excluding steroid dienone is 2. The van der Waals surface area contributed by atoms with Crippen LogP contribution in [0, 0.1) is 17.6 Å². The van der Waals surface area contributed by atoms with Crippen LogP contribution < -0.4 is 4.74 Å². The van der Waals surface area contributed by atoms with Crippen LogP contribution in [0.3, 0.4) is 0 Å². The van der Waals surface area contributed by atoms with Crippen molar-refractivity contribution in [1.29, 1.82) is 0 Å². The predicted molar refractivity (Wildman–Crippen MR) is 93.2 cm³/mol. The van der Waals surface area contributed by atoms with E-state index in [0.717, 1.165) is 6.42 Å². The second-order valence-electron chi connectivity index (χ2n) is 6.34. The molecule has 0 amide bonds. The number of hydrogen-bond donors (Lipinski definition) is 0. The van der Waals surface area contributed by atoms with Gasteiger partial charge in [-0.25, -0.2) is 4.39 Å². The van der Waals surface area contributed by atoms with Crippen LogP contribution in [0.2, 0.25) is 0 Å². The summed E-state index contributed by atoms with van der Waals surface area (Å²) >= 11 is 0. The summed E-state index contributed by atoms with van der Waals surface area (Å²) in [6.07, 6.45) is 6.81. The fourth-order valence-electron chi connectivity index (χ4n) is 3.17. The molecule has 0 aliphatic heterocycles. The van der Waals surface area contributed by atoms with Crippen LogP contribution in [0.25, 0.3) is 11.1 Å². The molecular weight excluding hydrogens is 306 g/mol. The highest BCUT2D eigenvalue weighted by Gasteiger charge is 2.17. The molecule has 3 rings (SSSR count). The van der Waals surface area contributed by atoms with E-state index in [1.807, 2.05) is 24.3 Å². The van der Waals surface area contributed by atoms with Gasteiger partial charge in [-0.2, -0.15) is 4.39 Å². The summed E-state index contributed by atoms with van der Waals surface area (Å²) in [6.45, 7) is 4.27. The molecule has 24 heavy (non-hydrogen) atoms. The summed E-state index contributed by atoms with van der Waals surface area (Å²) < 4.78 is 33.4. The molecule has 1 aliphatic carbocycles. The lowest BCUT2D eigenvalue weighted by Crippen LogP contribution is -2.04. The Labute approximate surface area is 142 Å². The fraction of sp³-hybridized carbons (Fsp3) is 0.333. The molecule has 2 aromatic rings. The highest BCUT2D eigenvalue weighted by Crippen LogP contribution is 2.33. The van der Waals surface area contributed by atoms with Gasteiger partial charge < -0.3 is 4.74 Å². The summed E-state index contributed by atoms with van der Waals surface area (Å²) in [5.74, 6) is -0.779. The van der Waals surface area contributed by atoms with Gasteiger partial charge in [0.05, 0.1) is 6.61 Å². The molecule has 2 atom stereocenters. The molecule has 126 valence electrons. The molecule has 1 aliphatic rings. The Balaban J connectivity index is 1.86. The summed E-state index contributed by atoms with van der Waals surface area (Å²) in [7, 11) is 0. The van der Waals surface area contributed by atoms with Crippen molar-refractivity contribution in [3.63, 3.8) is 0 Å². The minimum atomic E-state index is -0.928. The first kappa shape index (κ1) is 16.7. The number of rotatable bonds is 4. The van der Waals surface area contributed by atoms with E-state index in [1.54, 1.807) is 13.0 Å². The first-order valence-electron chi connectivity index (χ1n) is 8.49. The lowest BCUT2D eigenvalue weighted by Gasteiger charge is -2.20. The molecule has 0 spiro atoms. The van der Waals surface area contributed by atoms with E-state index >= 15 is 0 Å². The van der Waals surface area contributed by atoms with Crippen LogP contribution in [-0.2, 0) is 0 Å². The second kappa shape index (κ2) is 7.16. The van der Waals surface area contributed by atoms with Gasteiger partial charge in [0.25, 0.3) is 0 Å². The van der Waals surface area contributed by atoms with Gasteiger partial charge in [-0.1, -0.05) is 43.3 Å². The monoisotopic (exact) mass is 328 g/mol. The molecule has 0 aromatic heterocycles.